The number of nitrogens with zero attached hydrogens (tertiary/aromatic N) is 3. The number of ether oxygens (including phenoxy) is 1. The number of hydrogen-bond donors (Lipinski definition) is 1. The number of carbonyl (C=O) groups is 1. The first kappa shape index (κ1) is 17.2. The molecule has 1 fully saturated rings. The third-order valence-electron chi connectivity index (χ3n) is 4.23. The first-order valence-electron chi connectivity index (χ1n) is 8.40. The van der Waals surface area contributed by atoms with E-state index < -0.39 is 0 Å². The molecule has 3 rings (SSSR count). The van der Waals surface area contributed by atoms with Gasteiger partial charge in [0, 0.05) is 36.5 Å². The van der Waals surface area contributed by atoms with Gasteiger partial charge >= 0.3 is 0 Å². The predicted octanol–water partition coefficient (Wildman–Crippen LogP) is 1.92. The van der Waals surface area contributed by atoms with Gasteiger partial charge in [-0.25, -0.2) is 0 Å². The van der Waals surface area contributed by atoms with Crippen molar-refractivity contribution in [1.29, 1.82) is 0 Å². The van der Waals surface area contributed by atoms with Crippen LogP contribution < -0.4 is 5.32 Å². The number of aryl methyl sites for hydroxylation is 1. The Morgan fingerprint density at radius 3 is 2.96 bits per heavy atom. The Bertz CT molecular complexity index is 682. The molecular formula is C17H23ClN4O2. The van der Waals surface area contributed by atoms with Crippen molar-refractivity contribution >= 4 is 28.4 Å². The van der Waals surface area contributed by atoms with Crippen LogP contribution in [-0.4, -0.2) is 60.0 Å². The summed E-state index contributed by atoms with van der Waals surface area (Å²) >= 11 is 5.97. The van der Waals surface area contributed by atoms with Gasteiger partial charge in [0.2, 0.25) is 5.91 Å². The van der Waals surface area contributed by atoms with Gasteiger partial charge in [-0.15, -0.1) is 0 Å². The average Bonchev–Trinajstić information content (AvgIpc) is 3.00. The van der Waals surface area contributed by atoms with Gasteiger partial charge in [0.05, 0.1) is 31.5 Å². The number of amides is 1. The van der Waals surface area contributed by atoms with E-state index in [0.29, 0.717) is 24.5 Å². The summed E-state index contributed by atoms with van der Waals surface area (Å²) in [6.07, 6.45) is 3.17. The highest BCUT2D eigenvalue weighted by molar-refractivity contribution is 6.31. The molecule has 6 nitrogen and oxygen atoms in total. The van der Waals surface area contributed by atoms with E-state index >= 15 is 0 Å². The molecule has 1 amide bonds. The maximum absolute atomic E-state index is 12.0. The molecule has 1 aliphatic heterocycles. The van der Waals surface area contributed by atoms with E-state index in [9.17, 15) is 4.79 Å². The number of rotatable bonds is 7. The molecule has 0 unspecified atom stereocenters. The molecule has 1 aromatic carbocycles. The van der Waals surface area contributed by atoms with Crippen LogP contribution in [0.5, 0.6) is 0 Å². The minimum atomic E-state index is 0.0644. The molecule has 0 aliphatic carbocycles. The van der Waals surface area contributed by atoms with Crippen molar-refractivity contribution in [1.82, 2.24) is 20.0 Å². The zero-order valence-corrected chi connectivity index (χ0v) is 14.5. The molecule has 0 bridgehead atoms. The maximum atomic E-state index is 12.0. The van der Waals surface area contributed by atoms with Gasteiger partial charge in [0.25, 0.3) is 0 Å². The number of nitrogens with one attached hydrogen (secondary N) is 1. The maximum Gasteiger partial charge on any atom is 0.221 e. The summed E-state index contributed by atoms with van der Waals surface area (Å²) < 4.78 is 7.17. The van der Waals surface area contributed by atoms with Crippen molar-refractivity contribution in [3.05, 3.63) is 29.4 Å². The van der Waals surface area contributed by atoms with Crippen LogP contribution >= 0.6 is 11.6 Å². The molecule has 24 heavy (non-hydrogen) atoms. The zero-order valence-electron chi connectivity index (χ0n) is 13.7. The second kappa shape index (κ2) is 8.46. The number of hydrogen-bond acceptors (Lipinski definition) is 4. The molecule has 130 valence electrons. The van der Waals surface area contributed by atoms with Crippen LogP contribution in [0.3, 0.4) is 0 Å². The Balaban J connectivity index is 1.37. The second-order valence-corrected chi connectivity index (χ2v) is 6.41. The Morgan fingerprint density at radius 2 is 2.12 bits per heavy atom. The van der Waals surface area contributed by atoms with Crippen LogP contribution in [0, 0.1) is 0 Å². The minimum Gasteiger partial charge on any atom is -0.379 e. The largest absolute Gasteiger partial charge is 0.379 e. The fourth-order valence-electron chi connectivity index (χ4n) is 2.89. The molecule has 0 atom stereocenters. The molecule has 7 heteroatoms. The average molecular weight is 351 g/mol. The third-order valence-corrected chi connectivity index (χ3v) is 4.47. The lowest BCUT2D eigenvalue weighted by Gasteiger charge is -2.26. The Kier molecular flexibility index (Phi) is 6.07. The quantitative estimate of drug-likeness (QED) is 0.775. The summed E-state index contributed by atoms with van der Waals surface area (Å²) in [6, 6.07) is 5.66. The lowest BCUT2D eigenvalue weighted by atomic mass is 10.2. The molecule has 2 heterocycles. The van der Waals surface area contributed by atoms with Crippen LogP contribution in [0.15, 0.2) is 24.4 Å². The highest BCUT2D eigenvalue weighted by Crippen LogP contribution is 2.19. The van der Waals surface area contributed by atoms with E-state index in [-0.39, 0.29) is 5.91 Å². The zero-order chi connectivity index (χ0) is 16.8. The Morgan fingerprint density at radius 1 is 1.29 bits per heavy atom. The molecule has 1 aliphatic rings. The molecule has 1 aromatic heterocycles. The number of benzene rings is 1. The van der Waals surface area contributed by atoms with Crippen LogP contribution in [0.2, 0.25) is 5.02 Å². The van der Waals surface area contributed by atoms with Crippen molar-refractivity contribution in [2.24, 2.45) is 0 Å². The molecule has 2 aromatic rings. The summed E-state index contributed by atoms with van der Waals surface area (Å²) in [4.78, 5) is 14.3. The SMILES string of the molecule is O=C(CCn1ncc2cc(Cl)ccc21)NCCCN1CCOCC1. The van der Waals surface area contributed by atoms with Crippen molar-refractivity contribution < 1.29 is 9.53 Å². The Labute approximate surface area is 146 Å². The highest BCUT2D eigenvalue weighted by Gasteiger charge is 2.10. The van der Waals surface area contributed by atoms with Gasteiger partial charge in [-0.05, 0) is 31.2 Å². The number of morpholine rings is 1. The van der Waals surface area contributed by atoms with Gasteiger partial charge in [-0.3, -0.25) is 14.4 Å². The van der Waals surface area contributed by atoms with E-state index in [2.05, 4.69) is 15.3 Å². The standard InChI is InChI=1S/C17H23ClN4O2/c18-15-2-3-16-14(12-15)13-20-22(16)7-4-17(23)19-5-1-6-21-8-10-24-11-9-21/h2-3,12-13H,1,4-11H2,(H,19,23). The van der Waals surface area contributed by atoms with E-state index in [1.807, 2.05) is 22.9 Å². The third kappa shape index (κ3) is 4.69. The van der Waals surface area contributed by atoms with Gasteiger partial charge in [-0.1, -0.05) is 11.6 Å². The van der Waals surface area contributed by atoms with Crippen molar-refractivity contribution in [3.63, 3.8) is 0 Å². The van der Waals surface area contributed by atoms with Crippen LogP contribution in [0.25, 0.3) is 10.9 Å². The second-order valence-electron chi connectivity index (χ2n) is 5.98. The molecule has 1 saturated heterocycles. The smallest absolute Gasteiger partial charge is 0.221 e. The fraction of sp³-hybridized carbons (Fsp3) is 0.529. The number of carbonyl (C=O) groups excluding carboxylic acids is 1. The Hall–Kier alpha value is -1.63. The van der Waals surface area contributed by atoms with Crippen molar-refractivity contribution in [2.75, 3.05) is 39.4 Å². The number of aromatic nitrogens is 2. The van der Waals surface area contributed by atoms with Gasteiger partial charge in [-0.2, -0.15) is 5.10 Å². The van der Waals surface area contributed by atoms with E-state index in [1.165, 1.54) is 0 Å². The number of halogens is 1. The van der Waals surface area contributed by atoms with Crippen LogP contribution in [-0.2, 0) is 16.1 Å². The molecule has 0 saturated carbocycles. The molecule has 1 N–H and O–H groups in total. The first-order chi connectivity index (χ1) is 11.7. The molecule has 0 radical (unpaired) electrons. The summed E-state index contributed by atoms with van der Waals surface area (Å²) in [5.41, 5.74) is 1.000. The van der Waals surface area contributed by atoms with Crippen LogP contribution in [0.4, 0.5) is 0 Å². The summed E-state index contributed by atoms with van der Waals surface area (Å²) in [6.45, 7) is 5.90. The van der Waals surface area contributed by atoms with E-state index in [4.69, 9.17) is 16.3 Å². The molecule has 0 spiro atoms. The lowest BCUT2D eigenvalue weighted by molar-refractivity contribution is -0.121. The van der Waals surface area contributed by atoms with Crippen LogP contribution in [0.1, 0.15) is 12.8 Å². The first-order valence-corrected chi connectivity index (χ1v) is 8.78. The summed E-state index contributed by atoms with van der Waals surface area (Å²) in [5, 5.41) is 9.00. The highest BCUT2D eigenvalue weighted by atomic mass is 35.5. The lowest BCUT2D eigenvalue weighted by Crippen LogP contribution is -2.38. The topological polar surface area (TPSA) is 59.4 Å². The minimum absolute atomic E-state index is 0.0644. The normalized spacial score (nSPS) is 15.7. The van der Waals surface area contributed by atoms with Crippen molar-refractivity contribution in [3.8, 4) is 0 Å². The monoisotopic (exact) mass is 350 g/mol. The van der Waals surface area contributed by atoms with Gasteiger partial charge < -0.3 is 10.1 Å². The number of fused-ring (bicyclic) bond motifs is 1. The fourth-order valence-corrected chi connectivity index (χ4v) is 3.07. The van der Waals surface area contributed by atoms with E-state index in [1.54, 1.807) is 6.20 Å². The van der Waals surface area contributed by atoms with Gasteiger partial charge in [0.15, 0.2) is 0 Å². The van der Waals surface area contributed by atoms with Crippen molar-refractivity contribution in [2.45, 2.75) is 19.4 Å². The summed E-state index contributed by atoms with van der Waals surface area (Å²) in [7, 11) is 0. The molecular weight excluding hydrogens is 328 g/mol. The predicted molar refractivity (Wildman–Crippen MR) is 94.2 cm³/mol. The van der Waals surface area contributed by atoms with Gasteiger partial charge in [0.1, 0.15) is 0 Å². The van der Waals surface area contributed by atoms with E-state index in [0.717, 1.165) is 50.2 Å². The summed E-state index contributed by atoms with van der Waals surface area (Å²) in [5.74, 6) is 0.0644.